The van der Waals surface area contributed by atoms with Crippen molar-refractivity contribution >= 4 is 17.6 Å². The lowest BCUT2D eigenvalue weighted by molar-refractivity contribution is 0.0688. The summed E-state index contributed by atoms with van der Waals surface area (Å²) in [6, 6.07) is 4.09. The zero-order valence-corrected chi connectivity index (χ0v) is 11.3. The summed E-state index contributed by atoms with van der Waals surface area (Å²) in [6.45, 7) is 0. The fourth-order valence-corrected chi connectivity index (χ4v) is 2.86. The molecule has 1 aromatic carbocycles. The highest BCUT2D eigenvalue weighted by atomic mass is 35.5. The number of carbonyl (C=O) groups is 1. The van der Waals surface area contributed by atoms with Gasteiger partial charge in [0, 0.05) is 16.3 Å². The number of rotatable bonds is 2. The van der Waals surface area contributed by atoms with Crippen LogP contribution in [0.25, 0.3) is 5.69 Å². The molecule has 0 atom stereocenters. The molecule has 1 aliphatic rings. The van der Waals surface area contributed by atoms with E-state index in [1.807, 2.05) is 0 Å². The molecule has 0 aliphatic heterocycles. The molecule has 0 fully saturated rings. The zero-order chi connectivity index (χ0) is 14.3. The summed E-state index contributed by atoms with van der Waals surface area (Å²) < 4.78 is 15.0. The van der Waals surface area contributed by atoms with Gasteiger partial charge in [-0.25, -0.2) is 13.9 Å². The molecule has 0 spiro atoms. The third kappa shape index (κ3) is 2.18. The van der Waals surface area contributed by atoms with E-state index in [1.165, 1.54) is 16.8 Å². The zero-order valence-electron chi connectivity index (χ0n) is 10.6. The molecule has 1 heterocycles. The van der Waals surface area contributed by atoms with Crippen LogP contribution in [0.1, 0.15) is 34.6 Å². The minimum atomic E-state index is -1.05. The van der Waals surface area contributed by atoms with E-state index in [1.54, 1.807) is 6.07 Å². The van der Waals surface area contributed by atoms with Crippen molar-refractivity contribution in [3.8, 4) is 5.69 Å². The highest BCUT2D eigenvalue weighted by Gasteiger charge is 2.25. The SMILES string of the molecule is O=C(O)c1nn(-c2cc(F)cc(Cl)c2)c2c1CCCC2. The topological polar surface area (TPSA) is 55.1 Å². The number of aromatic carboxylic acids is 1. The van der Waals surface area contributed by atoms with Crippen LogP contribution in [0.15, 0.2) is 18.2 Å². The number of nitrogens with zero attached hydrogens (tertiary/aromatic N) is 2. The molecule has 2 aromatic rings. The Labute approximate surface area is 119 Å². The van der Waals surface area contributed by atoms with Crippen molar-refractivity contribution in [1.82, 2.24) is 9.78 Å². The first-order chi connectivity index (χ1) is 9.56. The summed E-state index contributed by atoms with van der Waals surface area (Å²) in [4.78, 5) is 11.3. The highest BCUT2D eigenvalue weighted by molar-refractivity contribution is 6.30. The van der Waals surface area contributed by atoms with Crippen LogP contribution in [0.2, 0.25) is 5.02 Å². The van der Waals surface area contributed by atoms with Gasteiger partial charge in [-0.1, -0.05) is 11.6 Å². The molecule has 4 nitrogen and oxygen atoms in total. The number of aromatic nitrogens is 2. The van der Waals surface area contributed by atoms with Gasteiger partial charge in [0.05, 0.1) is 5.69 Å². The molecular formula is C14H12ClFN2O2. The van der Waals surface area contributed by atoms with Crippen molar-refractivity contribution < 1.29 is 14.3 Å². The van der Waals surface area contributed by atoms with Crippen molar-refractivity contribution in [3.63, 3.8) is 0 Å². The molecule has 3 rings (SSSR count). The Morgan fingerprint density at radius 3 is 2.75 bits per heavy atom. The number of fused-ring (bicyclic) bond motifs is 1. The predicted octanol–water partition coefficient (Wildman–Crippen LogP) is 3.24. The predicted molar refractivity (Wildman–Crippen MR) is 72.1 cm³/mol. The van der Waals surface area contributed by atoms with Crippen LogP contribution >= 0.6 is 11.6 Å². The number of carboxylic acid groups (broad SMARTS) is 1. The molecule has 104 valence electrons. The lowest BCUT2D eigenvalue weighted by atomic mass is 9.95. The van der Waals surface area contributed by atoms with Crippen molar-refractivity contribution in [2.24, 2.45) is 0 Å². The Bertz CT molecular complexity index is 676. The van der Waals surface area contributed by atoms with Gasteiger partial charge in [-0.15, -0.1) is 0 Å². The summed E-state index contributed by atoms with van der Waals surface area (Å²) in [5.74, 6) is -1.52. The highest BCUT2D eigenvalue weighted by Crippen LogP contribution is 2.28. The normalized spacial score (nSPS) is 14.1. The van der Waals surface area contributed by atoms with Crippen LogP contribution < -0.4 is 0 Å². The van der Waals surface area contributed by atoms with E-state index >= 15 is 0 Å². The second kappa shape index (κ2) is 4.90. The van der Waals surface area contributed by atoms with Crippen LogP contribution in [0.3, 0.4) is 0 Å². The standard InChI is InChI=1S/C14H12ClFN2O2/c15-8-5-9(16)7-10(6-8)18-12-4-2-1-3-11(12)13(17-18)14(19)20/h5-7H,1-4H2,(H,19,20). The van der Waals surface area contributed by atoms with E-state index in [-0.39, 0.29) is 10.7 Å². The molecule has 0 bridgehead atoms. The van der Waals surface area contributed by atoms with Gasteiger partial charge in [-0.3, -0.25) is 0 Å². The molecule has 0 saturated heterocycles. The van der Waals surface area contributed by atoms with Gasteiger partial charge in [0.1, 0.15) is 5.82 Å². The van der Waals surface area contributed by atoms with E-state index in [2.05, 4.69) is 5.10 Å². The Kier molecular flexibility index (Phi) is 3.22. The first-order valence-electron chi connectivity index (χ1n) is 6.37. The molecule has 1 N–H and O–H groups in total. The Morgan fingerprint density at radius 1 is 1.30 bits per heavy atom. The molecule has 0 saturated carbocycles. The summed E-state index contributed by atoms with van der Waals surface area (Å²) in [5.41, 5.74) is 2.11. The largest absolute Gasteiger partial charge is 0.476 e. The summed E-state index contributed by atoms with van der Waals surface area (Å²) >= 11 is 5.86. The molecular weight excluding hydrogens is 283 g/mol. The number of carboxylic acids is 1. The van der Waals surface area contributed by atoms with E-state index in [9.17, 15) is 14.3 Å². The van der Waals surface area contributed by atoms with Crippen LogP contribution in [0.5, 0.6) is 0 Å². The number of hydrogen-bond acceptors (Lipinski definition) is 2. The fourth-order valence-electron chi connectivity index (χ4n) is 2.65. The van der Waals surface area contributed by atoms with Crippen LogP contribution in [-0.4, -0.2) is 20.9 Å². The number of benzene rings is 1. The summed E-state index contributed by atoms with van der Waals surface area (Å²) in [7, 11) is 0. The van der Waals surface area contributed by atoms with Gasteiger partial charge in [0.25, 0.3) is 0 Å². The number of hydrogen-bond donors (Lipinski definition) is 1. The van der Waals surface area contributed by atoms with E-state index in [0.717, 1.165) is 30.5 Å². The number of halogens is 2. The average molecular weight is 295 g/mol. The van der Waals surface area contributed by atoms with Gasteiger partial charge in [-0.2, -0.15) is 5.10 Å². The molecule has 0 radical (unpaired) electrons. The molecule has 1 aromatic heterocycles. The minimum Gasteiger partial charge on any atom is -0.476 e. The van der Waals surface area contributed by atoms with Gasteiger partial charge < -0.3 is 5.11 Å². The van der Waals surface area contributed by atoms with Gasteiger partial charge >= 0.3 is 5.97 Å². The van der Waals surface area contributed by atoms with E-state index < -0.39 is 11.8 Å². The monoisotopic (exact) mass is 294 g/mol. The average Bonchev–Trinajstić information content (AvgIpc) is 2.77. The van der Waals surface area contributed by atoms with E-state index in [0.29, 0.717) is 12.1 Å². The quantitative estimate of drug-likeness (QED) is 0.925. The Hall–Kier alpha value is -1.88. The maximum atomic E-state index is 13.5. The maximum Gasteiger partial charge on any atom is 0.356 e. The summed E-state index contributed by atoms with van der Waals surface area (Å²) in [6.07, 6.45) is 3.35. The van der Waals surface area contributed by atoms with E-state index in [4.69, 9.17) is 11.6 Å². The lowest BCUT2D eigenvalue weighted by Crippen LogP contribution is -2.08. The van der Waals surface area contributed by atoms with Crippen molar-refractivity contribution in [2.45, 2.75) is 25.7 Å². The molecule has 6 heteroatoms. The minimum absolute atomic E-state index is 0.0556. The summed E-state index contributed by atoms with van der Waals surface area (Å²) in [5, 5.41) is 13.6. The first kappa shape index (κ1) is 13.1. The molecule has 1 aliphatic carbocycles. The van der Waals surface area contributed by atoms with Crippen LogP contribution in [-0.2, 0) is 12.8 Å². The van der Waals surface area contributed by atoms with Crippen molar-refractivity contribution in [2.75, 3.05) is 0 Å². The Balaban J connectivity index is 2.20. The smallest absolute Gasteiger partial charge is 0.356 e. The lowest BCUT2D eigenvalue weighted by Gasteiger charge is -2.14. The van der Waals surface area contributed by atoms with Crippen molar-refractivity contribution in [1.29, 1.82) is 0 Å². The third-order valence-corrected chi connectivity index (χ3v) is 3.69. The second-order valence-electron chi connectivity index (χ2n) is 4.83. The van der Waals surface area contributed by atoms with Gasteiger partial charge in [-0.05, 0) is 43.9 Å². The molecule has 20 heavy (non-hydrogen) atoms. The fraction of sp³-hybridized carbons (Fsp3) is 0.286. The maximum absolute atomic E-state index is 13.5. The van der Waals surface area contributed by atoms with Crippen LogP contribution in [0, 0.1) is 5.82 Å². The third-order valence-electron chi connectivity index (χ3n) is 3.47. The van der Waals surface area contributed by atoms with Gasteiger partial charge in [0.2, 0.25) is 0 Å². The Morgan fingerprint density at radius 2 is 2.05 bits per heavy atom. The van der Waals surface area contributed by atoms with Crippen LogP contribution in [0.4, 0.5) is 4.39 Å². The second-order valence-corrected chi connectivity index (χ2v) is 5.26. The first-order valence-corrected chi connectivity index (χ1v) is 6.74. The van der Waals surface area contributed by atoms with Gasteiger partial charge in [0.15, 0.2) is 5.69 Å². The van der Waals surface area contributed by atoms with Crippen molar-refractivity contribution in [3.05, 3.63) is 46.0 Å². The molecule has 0 unspecified atom stereocenters. The molecule has 0 amide bonds.